The Hall–Kier alpha value is -1.47. The average molecular weight is 310 g/mol. The summed E-state index contributed by atoms with van der Waals surface area (Å²) >= 11 is 5.96. The number of fused-ring (bicyclic) bond motifs is 1. The third-order valence-corrected chi connectivity index (χ3v) is 3.09. The van der Waals surface area contributed by atoms with Gasteiger partial charge in [0.1, 0.15) is 6.61 Å². The molecule has 4 nitrogen and oxygen atoms in total. The Morgan fingerprint density at radius 3 is 2.80 bits per heavy atom. The first-order valence-electron chi connectivity index (χ1n) is 5.66. The largest absolute Gasteiger partial charge is 0.419 e. The van der Waals surface area contributed by atoms with Crippen molar-refractivity contribution in [2.45, 2.75) is 11.6 Å². The van der Waals surface area contributed by atoms with Crippen molar-refractivity contribution in [3.8, 4) is 0 Å². The highest BCUT2D eigenvalue weighted by molar-refractivity contribution is 6.21. The number of nitrogens with zero attached hydrogens (tertiary/aromatic N) is 1. The molecule has 8 heteroatoms. The van der Waals surface area contributed by atoms with E-state index in [9.17, 15) is 18.0 Å². The number of rotatable bonds is 4. The maximum absolute atomic E-state index is 11.9. The van der Waals surface area contributed by atoms with E-state index in [1.54, 1.807) is 19.2 Å². The second kappa shape index (κ2) is 5.49. The topological polar surface area (TPSA) is 44.4 Å². The Labute approximate surface area is 116 Å². The normalized spacial score (nSPS) is 13.8. The van der Waals surface area contributed by atoms with Crippen LogP contribution < -0.4 is 5.76 Å². The van der Waals surface area contributed by atoms with Gasteiger partial charge in [-0.05, 0) is 17.7 Å². The van der Waals surface area contributed by atoms with E-state index in [2.05, 4.69) is 4.74 Å². The zero-order valence-electron chi connectivity index (χ0n) is 10.4. The molecular weight excluding hydrogens is 299 g/mol. The predicted molar refractivity (Wildman–Crippen MR) is 66.9 cm³/mol. The molecule has 2 rings (SSSR count). The Morgan fingerprint density at radius 1 is 1.45 bits per heavy atom. The lowest BCUT2D eigenvalue weighted by Gasteiger charge is -2.12. The fraction of sp³-hybridized carbons (Fsp3) is 0.417. The molecule has 0 bridgehead atoms. The van der Waals surface area contributed by atoms with Crippen LogP contribution in [0.5, 0.6) is 0 Å². The molecule has 1 heterocycles. The minimum absolute atomic E-state index is 0.288. The third-order valence-electron chi connectivity index (χ3n) is 2.71. The van der Waals surface area contributed by atoms with E-state index in [0.29, 0.717) is 16.7 Å². The maximum Gasteiger partial charge on any atom is 0.419 e. The number of aromatic nitrogens is 1. The fourth-order valence-corrected chi connectivity index (χ4v) is 1.94. The van der Waals surface area contributed by atoms with E-state index in [4.69, 9.17) is 16.0 Å². The molecule has 1 unspecified atom stereocenters. The molecule has 0 amide bonds. The minimum atomic E-state index is -4.38. The van der Waals surface area contributed by atoms with Crippen LogP contribution in [0.2, 0.25) is 0 Å². The second-order valence-electron chi connectivity index (χ2n) is 4.25. The van der Waals surface area contributed by atoms with Gasteiger partial charge in [0.2, 0.25) is 0 Å². The summed E-state index contributed by atoms with van der Waals surface area (Å²) in [7, 11) is 1.55. The van der Waals surface area contributed by atoms with Gasteiger partial charge in [-0.3, -0.25) is 4.57 Å². The predicted octanol–water partition coefficient (Wildman–Crippen LogP) is 2.99. The number of aryl methyl sites for hydroxylation is 1. The zero-order valence-corrected chi connectivity index (χ0v) is 11.2. The Kier molecular flexibility index (Phi) is 4.10. The number of halogens is 4. The van der Waals surface area contributed by atoms with Crippen molar-refractivity contribution in [2.24, 2.45) is 7.05 Å². The fourth-order valence-electron chi connectivity index (χ4n) is 1.72. The molecule has 0 aliphatic carbocycles. The maximum atomic E-state index is 11.9. The molecule has 0 spiro atoms. The van der Waals surface area contributed by atoms with Gasteiger partial charge in [0.15, 0.2) is 5.58 Å². The smallest absolute Gasteiger partial charge is 0.408 e. The highest BCUT2D eigenvalue weighted by Gasteiger charge is 2.28. The quantitative estimate of drug-likeness (QED) is 0.816. The van der Waals surface area contributed by atoms with Crippen molar-refractivity contribution >= 4 is 22.7 Å². The summed E-state index contributed by atoms with van der Waals surface area (Å²) < 4.78 is 46.6. The van der Waals surface area contributed by atoms with Gasteiger partial charge in [-0.25, -0.2) is 4.79 Å². The first kappa shape index (κ1) is 14.9. The molecule has 0 saturated heterocycles. The van der Waals surface area contributed by atoms with Crippen LogP contribution in [0.4, 0.5) is 13.2 Å². The van der Waals surface area contributed by atoms with Crippen LogP contribution in [0, 0.1) is 0 Å². The molecule has 0 radical (unpaired) electrons. The van der Waals surface area contributed by atoms with Crippen molar-refractivity contribution in [3.05, 3.63) is 34.3 Å². The van der Waals surface area contributed by atoms with Crippen LogP contribution in [-0.2, 0) is 11.8 Å². The minimum Gasteiger partial charge on any atom is -0.408 e. The van der Waals surface area contributed by atoms with Crippen LogP contribution in [0.15, 0.2) is 27.4 Å². The molecule has 0 saturated carbocycles. The Bertz CT molecular complexity index is 662. The van der Waals surface area contributed by atoms with Crippen LogP contribution in [-0.4, -0.2) is 24.0 Å². The molecule has 20 heavy (non-hydrogen) atoms. The Balaban J connectivity index is 2.10. The zero-order chi connectivity index (χ0) is 14.9. The van der Waals surface area contributed by atoms with Crippen LogP contribution in [0.1, 0.15) is 10.9 Å². The van der Waals surface area contributed by atoms with Crippen molar-refractivity contribution in [1.29, 1.82) is 0 Å². The van der Waals surface area contributed by atoms with Gasteiger partial charge in [-0.15, -0.1) is 11.6 Å². The highest BCUT2D eigenvalue weighted by Crippen LogP contribution is 2.25. The second-order valence-corrected chi connectivity index (χ2v) is 4.78. The summed E-state index contributed by atoms with van der Waals surface area (Å²) in [4.78, 5) is 11.3. The van der Waals surface area contributed by atoms with Gasteiger partial charge < -0.3 is 9.15 Å². The van der Waals surface area contributed by atoms with Gasteiger partial charge in [0.05, 0.1) is 17.5 Å². The van der Waals surface area contributed by atoms with Gasteiger partial charge in [-0.1, -0.05) is 6.07 Å². The molecule has 1 aromatic heterocycles. The molecule has 1 aromatic carbocycles. The van der Waals surface area contributed by atoms with Gasteiger partial charge in [-0.2, -0.15) is 13.2 Å². The number of alkyl halides is 4. The number of benzene rings is 1. The molecule has 0 fully saturated rings. The van der Waals surface area contributed by atoms with E-state index in [1.165, 1.54) is 10.6 Å². The summed E-state index contributed by atoms with van der Waals surface area (Å²) in [5.74, 6) is -0.517. The SMILES string of the molecule is Cn1c(=O)oc2cc(C(Cl)COCC(F)(F)F)ccc21. The van der Waals surface area contributed by atoms with Crippen LogP contribution >= 0.6 is 11.6 Å². The van der Waals surface area contributed by atoms with Crippen molar-refractivity contribution < 1.29 is 22.3 Å². The molecule has 2 aromatic rings. The highest BCUT2D eigenvalue weighted by atomic mass is 35.5. The lowest BCUT2D eigenvalue weighted by atomic mass is 10.1. The first-order chi connectivity index (χ1) is 9.28. The van der Waals surface area contributed by atoms with E-state index >= 15 is 0 Å². The number of ether oxygens (including phenoxy) is 1. The molecule has 1 atom stereocenters. The van der Waals surface area contributed by atoms with Crippen LogP contribution in [0.25, 0.3) is 11.1 Å². The van der Waals surface area contributed by atoms with E-state index in [0.717, 1.165) is 0 Å². The van der Waals surface area contributed by atoms with E-state index in [-0.39, 0.29) is 6.61 Å². The summed E-state index contributed by atoms with van der Waals surface area (Å²) in [6, 6.07) is 4.76. The lowest BCUT2D eigenvalue weighted by Crippen LogP contribution is -2.18. The first-order valence-corrected chi connectivity index (χ1v) is 6.09. The van der Waals surface area contributed by atoms with Gasteiger partial charge in [0, 0.05) is 7.05 Å². The van der Waals surface area contributed by atoms with E-state index in [1.807, 2.05) is 0 Å². The van der Waals surface area contributed by atoms with Crippen molar-refractivity contribution in [2.75, 3.05) is 13.2 Å². The third kappa shape index (κ3) is 3.34. The van der Waals surface area contributed by atoms with E-state index < -0.39 is 23.9 Å². The van der Waals surface area contributed by atoms with Gasteiger partial charge >= 0.3 is 11.9 Å². The summed E-state index contributed by atoms with van der Waals surface area (Å²) in [5.41, 5.74) is 1.44. The molecule has 0 N–H and O–H groups in total. The standard InChI is InChI=1S/C12H11ClF3NO3/c1-17-9-3-2-7(4-10(9)20-11(17)18)8(13)5-19-6-12(14,15)16/h2-4,8H,5-6H2,1H3. The lowest BCUT2D eigenvalue weighted by molar-refractivity contribution is -0.173. The van der Waals surface area contributed by atoms with Crippen molar-refractivity contribution in [1.82, 2.24) is 4.57 Å². The molecule has 0 aliphatic heterocycles. The Morgan fingerprint density at radius 2 is 2.15 bits per heavy atom. The summed E-state index contributed by atoms with van der Waals surface area (Å²) in [5, 5.41) is -0.757. The number of oxazole rings is 1. The molecule has 0 aliphatic rings. The average Bonchev–Trinajstić information content (AvgIpc) is 2.63. The van der Waals surface area contributed by atoms with Gasteiger partial charge in [0.25, 0.3) is 0 Å². The summed E-state index contributed by atoms with van der Waals surface area (Å²) in [6.07, 6.45) is -4.38. The number of hydrogen-bond donors (Lipinski definition) is 0. The van der Waals surface area contributed by atoms with Crippen LogP contribution in [0.3, 0.4) is 0 Å². The monoisotopic (exact) mass is 309 g/mol. The molecule has 110 valence electrons. The molecular formula is C12H11ClF3NO3. The number of hydrogen-bond acceptors (Lipinski definition) is 3. The van der Waals surface area contributed by atoms with Crippen molar-refractivity contribution in [3.63, 3.8) is 0 Å². The summed E-state index contributed by atoms with van der Waals surface area (Å²) in [6.45, 7) is -1.64.